The summed E-state index contributed by atoms with van der Waals surface area (Å²) in [5, 5.41) is 11.9. The summed E-state index contributed by atoms with van der Waals surface area (Å²) in [5.74, 6) is 1.63. The third-order valence-corrected chi connectivity index (χ3v) is 4.99. The molecular formula is C14H18N4O2S. The molecule has 1 spiro atoms. The van der Waals surface area contributed by atoms with E-state index in [4.69, 9.17) is 9.47 Å². The van der Waals surface area contributed by atoms with Gasteiger partial charge in [-0.1, -0.05) is 0 Å². The molecule has 0 atom stereocenters. The second kappa shape index (κ2) is 5.15. The molecule has 0 aliphatic carbocycles. The van der Waals surface area contributed by atoms with E-state index in [-0.39, 0.29) is 0 Å². The van der Waals surface area contributed by atoms with Gasteiger partial charge in [0, 0.05) is 31.2 Å². The molecule has 2 aromatic heterocycles. The number of thiazole rings is 1. The molecule has 0 bridgehead atoms. The van der Waals surface area contributed by atoms with E-state index >= 15 is 0 Å². The fourth-order valence-electron chi connectivity index (χ4n) is 3.09. The van der Waals surface area contributed by atoms with Gasteiger partial charge in [-0.05, 0) is 6.92 Å². The van der Waals surface area contributed by atoms with E-state index in [2.05, 4.69) is 25.1 Å². The first-order valence-electron chi connectivity index (χ1n) is 7.34. The molecule has 0 radical (unpaired) electrons. The van der Waals surface area contributed by atoms with Crippen molar-refractivity contribution in [1.82, 2.24) is 19.7 Å². The van der Waals surface area contributed by atoms with E-state index in [1.807, 2.05) is 6.92 Å². The lowest BCUT2D eigenvalue weighted by molar-refractivity contribution is -0.165. The third-order valence-electron chi connectivity index (χ3n) is 4.17. The van der Waals surface area contributed by atoms with E-state index in [0.717, 1.165) is 54.6 Å². The molecule has 0 saturated carbocycles. The maximum absolute atomic E-state index is 5.83. The van der Waals surface area contributed by atoms with E-state index in [0.29, 0.717) is 13.2 Å². The smallest absolute Gasteiger partial charge is 0.170 e. The van der Waals surface area contributed by atoms with Gasteiger partial charge in [0.05, 0.1) is 30.3 Å². The summed E-state index contributed by atoms with van der Waals surface area (Å²) in [6, 6.07) is 0. The van der Waals surface area contributed by atoms with Crippen molar-refractivity contribution >= 4 is 11.3 Å². The van der Waals surface area contributed by atoms with E-state index in [1.165, 1.54) is 0 Å². The number of hydrogen-bond donors (Lipinski definition) is 0. The molecule has 0 aromatic carbocycles. The molecule has 0 N–H and O–H groups in total. The summed E-state index contributed by atoms with van der Waals surface area (Å²) < 4.78 is 13.9. The Hall–Kier alpha value is -1.31. The van der Waals surface area contributed by atoms with Gasteiger partial charge < -0.3 is 14.0 Å². The SMILES string of the molecule is Cc1nc(Cc2nnc3n2CCC2(CC3)OCCO2)cs1. The molecule has 112 valence electrons. The Morgan fingerprint density at radius 1 is 1.29 bits per heavy atom. The van der Waals surface area contributed by atoms with Crippen molar-refractivity contribution in [3.8, 4) is 0 Å². The highest BCUT2D eigenvalue weighted by Gasteiger charge is 2.38. The fraction of sp³-hybridized carbons (Fsp3) is 0.643. The predicted octanol–water partition coefficient (Wildman–Crippen LogP) is 1.71. The minimum absolute atomic E-state index is 0.394. The van der Waals surface area contributed by atoms with Crippen LogP contribution in [0.1, 0.15) is 35.2 Å². The lowest BCUT2D eigenvalue weighted by atomic mass is 10.1. The van der Waals surface area contributed by atoms with Crippen LogP contribution >= 0.6 is 11.3 Å². The second-order valence-electron chi connectivity index (χ2n) is 5.58. The van der Waals surface area contributed by atoms with Crippen LogP contribution < -0.4 is 0 Å². The number of aryl methyl sites for hydroxylation is 2. The Labute approximate surface area is 127 Å². The van der Waals surface area contributed by atoms with Gasteiger partial charge in [0.25, 0.3) is 0 Å². The normalized spacial score (nSPS) is 20.6. The summed E-state index contributed by atoms with van der Waals surface area (Å²) in [6.45, 7) is 4.27. The van der Waals surface area contributed by atoms with Crippen molar-refractivity contribution in [3.63, 3.8) is 0 Å². The topological polar surface area (TPSA) is 62.1 Å². The quantitative estimate of drug-likeness (QED) is 0.845. The van der Waals surface area contributed by atoms with Crippen LogP contribution in [0.5, 0.6) is 0 Å². The van der Waals surface area contributed by atoms with Gasteiger partial charge in [-0.25, -0.2) is 4.98 Å². The Bertz CT molecular complexity index is 645. The Balaban J connectivity index is 1.56. The maximum Gasteiger partial charge on any atom is 0.170 e. The van der Waals surface area contributed by atoms with Gasteiger partial charge >= 0.3 is 0 Å². The molecule has 2 aliphatic heterocycles. The van der Waals surface area contributed by atoms with Crippen LogP contribution in [0.2, 0.25) is 0 Å². The maximum atomic E-state index is 5.83. The zero-order valence-corrected chi connectivity index (χ0v) is 12.9. The van der Waals surface area contributed by atoms with Gasteiger partial charge in [-0.3, -0.25) is 0 Å². The summed E-state index contributed by atoms with van der Waals surface area (Å²) in [7, 11) is 0. The average Bonchev–Trinajstić information content (AvgIpc) is 3.14. The van der Waals surface area contributed by atoms with Crippen LogP contribution in [0.3, 0.4) is 0 Å². The van der Waals surface area contributed by atoms with Gasteiger partial charge in [-0.2, -0.15) is 0 Å². The summed E-state index contributed by atoms with van der Waals surface area (Å²) >= 11 is 1.67. The van der Waals surface area contributed by atoms with Crippen molar-refractivity contribution < 1.29 is 9.47 Å². The lowest BCUT2D eigenvalue weighted by Crippen LogP contribution is -2.30. The van der Waals surface area contributed by atoms with Gasteiger partial charge in [0.1, 0.15) is 11.6 Å². The van der Waals surface area contributed by atoms with Crippen LogP contribution in [-0.2, 0) is 28.9 Å². The first-order chi connectivity index (χ1) is 10.2. The number of rotatable bonds is 2. The predicted molar refractivity (Wildman–Crippen MR) is 77.3 cm³/mol. The standard InChI is InChI=1S/C14H18N4O2S/c1-10-15-11(9-21-10)8-13-17-16-12-2-3-14(4-5-18(12)13)19-6-7-20-14/h9H,2-8H2,1H3. The summed E-state index contributed by atoms with van der Waals surface area (Å²) in [6.07, 6.45) is 3.32. The van der Waals surface area contributed by atoms with Crippen LogP contribution in [0, 0.1) is 6.92 Å². The van der Waals surface area contributed by atoms with Crippen LogP contribution in [0.25, 0.3) is 0 Å². The second-order valence-corrected chi connectivity index (χ2v) is 6.64. The molecule has 1 saturated heterocycles. The van der Waals surface area contributed by atoms with Crippen molar-refractivity contribution in [2.45, 2.75) is 44.9 Å². The highest BCUT2D eigenvalue weighted by molar-refractivity contribution is 7.09. The Morgan fingerprint density at radius 2 is 2.14 bits per heavy atom. The van der Waals surface area contributed by atoms with E-state index < -0.39 is 5.79 Å². The third kappa shape index (κ3) is 2.49. The summed E-state index contributed by atoms with van der Waals surface area (Å²) in [4.78, 5) is 4.52. The van der Waals surface area contributed by atoms with Gasteiger partial charge in [0.15, 0.2) is 5.79 Å². The average molecular weight is 306 g/mol. The van der Waals surface area contributed by atoms with E-state index in [1.54, 1.807) is 11.3 Å². The van der Waals surface area contributed by atoms with Crippen LogP contribution in [-0.4, -0.2) is 38.7 Å². The van der Waals surface area contributed by atoms with Gasteiger partial charge in [-0.15, -0.1) is 21.5 Å². The number of fused-ring (bicyclic) bond motifs is 1. The molecule has 0 unspecified atom stereocenters. The molecule has 6 nitrogen and oxygen atoms in total. The number of aromatic nitrogens is 4. The molecule has 4 heterocycles. The van der Waals surface area contributed by atoms with Crippen molar-refractivity contribution in [2.75, 3.05) is 13.2 Å². The Kier molecular flexibility index (Phi) is 3.28. The highest BCUT2D eigenvalue weighted by atomic mass is 32.1. The molecule has 2 aliphatic rings. The van der Waals surface area contributed by atoms with Crippen molar-refractivity contribution in [1.29, 1.82) is 0 Å². The Morgan fingerprint density at radius 3 is 2.90 bits per heavy atom. The monoisotopic (exact) mass is 306 g/mol. The molecule has 1 fully saturated rings. The zero-order chi connectivity index (χ0) is 14.3. The van der Waals surface area contributed by atoms with Crippen LogP contribution in [0.4, 0.5) is 0 Å². The first-order valence-corrected chi connectivity index (χ1v) is 8.22. The van der Waals surface area contributed by atoms with Crippen molar-refractivity contribution in [2.24, 2.45) is 0 Å². The number of hydrogen-bond acceptors (Lipinski definition) is 6. The molecule has 4 rings (SSSR count). The van der Waals surface area contributed by atoms with Crippen LogP contribution in [0.15, 0.2) is 5.38 Å². The fourth-order valence-corrected chi connectivity index (χ4v) is 3.71. The number of nitrogens with zero attached hydrogens (tertiary/aromatic N) is 4. The highest BCUT2D eigenvalue weighted by Crippen LogP contribution is 2.32. The van der Waals surface area contributed by atoms with E-state index in [9.17, 15) is 0 Å². The number of ether oxygens (including phenoxy) is 2. The molecule has 2 aromatic rings. The minimum atomic E-state index is -0.394. The lowest BCUT2D eigenvalue weighted by Gasteiger charge is -2.25. The molecule has 21 heavy (non-hydrogen) atoms. The molecule has 7 heteroatoms. The first kappa shape index (κ1) is 13.4. The largest absolute Gasteiger partial charge is 0.347 e. The molecule has 0 amide bonds. The zero-order valence-electron chi connectivity index (χ0n) is 12.0. The van der Waals surface area contributed by atoms with Gasteiger partial charge in [0.2, 0.25) is 0 Å². The van der Waals surface area contributed by atoms with Crippen molar-refractivity contribution in [3.05, 3.63) is 27.7 Å². The minimum Gasteiger partial charge on any atom is -0.347 e. The molecular weight excluding hydrogens is 288 g/mol. The summed E-state index contributed by atoms with van der Waals surface area (Å²) in [5.41, 5.74) is 1.07.